The molecule has 2 nitrogen and oxygen atoms in total. The van der Waals surface area contributed by atoms with Gasteiger partial charge in [-0.1, -0.05) is 56.3 Å². The van der Waals surface area contributed by atoms with Crippen molar-refractivity contribution in [1.29, 1.82) is 0 Å². The van der Waals surface area contributed by atoms with E-state index in [4.69, 9.17) is 0 Å². The Morgan fingerprint density at radius 3 is 2.19 bits per heavy atom. The molecule has 0 atom stereocenters. The molecule has 0 radical (unpaired) electrons. The summed E-state index contributed by atoms with van der Waals surface area (Å²) in [4.78, 5) is 14.6. The zero-order chi connectivity index (χ0) is 14.8. The molecule has 3 rings (SSSR count). The molecule has 0 saturated heterocycles. The number of rotatable bonds is 1. The Balaban J connectivity index is 2.08. The minimum atomic E-state index is 0.00430. The molecular formula is C19H21NO. The molecule has 2 heteroatoms. The molecular weight excluding hydrogens is 258 g/mol. The summed E-state index contributed by atoms with van der Waals surface area (Å²) in [5.41, 5.74) is 4.96. The predicted octanol–water partition coefficient (Wildman–Crippen LogP) is 3.97. The van der Waals surface area contributed by atoms with Crippen LogP contribution in [0.15, 0.2) is 48.5 Å². The molecule has 1 aliphatic rings. The van der Waals surface area contributed by atoms with Crippen molar-refractivity contribution < 1.29 is 4.79 Å². The van der Waals surface area contributed by atoms with Gasteiger partial charge in [-0.3, -0.25) is 4.79 Å². The molecule has 0 aromatic heterocycles. The first kappa shape index (κ1) is 13.9. The second-order valence-electron chi connectivity index (χ2n) is 5.98. The summed E-state index contributed by atoms with van der Waals surface area (Å²) in [5, 5.41) is 0. The fourth-order valence-electron chi connectivity index (χ4n) is 2.97. The van der Waals surface area contributed by atoms with E-state index >= 15 is 0 Å². The highest BCUT2D eigenvalue weighted by Gasteiger charge is 2.23. The van der Waals surface area contributed by atoms with Crippen LogP contribution in [0, 0.1) is 5.92 Å². The van der Waals surface area contributed by atoms with Gasteiger partial charge in [-0.25, -0.2) is 0 Å². The van der Waals surface area contributed by atoms with Crippen LogP contribution in [0.25, 0.3) is 0 Å². The average Bonchev–Trinajstić information content (AvgIpc) is 2.49. The maximum absolute atomic E-state index is 12.7. The van der Waals surface area contributed by atoms with E-state index in [-0.39, 0.29) is 11.8 Å². The molecule has 21 heavy (non-hydrogen) atoms. The third kappa shape index (κ3) is 2.71. The van der Waals surface area contributed by atoms with Crippen LogP contribution in [0.5, 0.6) is 0 Å². The van der Waals surface area contributed by atoms with Crippen LogP contribution in [0.1, 0.15) is 30.5 Å². The summed E-state index contributed by atoms with van der Waals surface area (Å²) in [6, 6.07) is 16.8. The predicted molar refractivity (Wildman–Crippen MR) is 86.3 cm³/mol. The molecule has 0 fully saturated rings. The Hall–Kier alpha value is -2.09. The number of aryl methyl sites for hydroxylation is 2. The van der Waals surface area contributed by atoms with Crippen LogP contribution in [0.4, 0.5) is 5.69 Å². The molecule has 1 aliphatic heterocycles. The number of hydrogen-bond acceptors (Lipinski definition) is 1. The summed E-state index contributed by atoms with van der Waals surface area (Å²) in [6.45, 7) is 4.61. The Labute approximate surface area is 126 Å². The molecule has 0 saturated carbocycles. The van der Waals surface area contributed by atoms with E-state index in [0.717, 1.165) is 18.5 Å². The molecule has 2 aromatic rings. The second-order valence-corrected chi connectivity index (χ2v) is 5.98. The number of anilines is 1. The lowest BCUT2D eigenvalue weighted by Crippen LogP contribution is -2.35. The zero-order valence-electron chi connectivity index (χ0n) is 12.7. The van der Waals surface area contributed by atoms with Gasteiger partial charge in [-0.05, 0) is 35.6 Å². The van der Waals surface area contributed by atoms with Crippen molar-refractivity contribution in [3.63, 3.8) is 0 Å². The maximum Gasteiger partial charge on any atom is 0.229 e. The van der Waals surface area contributed by atoms with E-state index in [0.29, 0.717) is 6.54 Å². The smallest absolute Gasteiger partial charge is 0.229 e. The minimum absolute atomic E-state index is 0.00430. The number of hydrogen-bond donors (Lipinski definition) is 0. The van der Waals surface area contributed by atoms with Crippen molar-refractivity contribution in [1.82, 2.24) is 0 Å². The van der Waals surface area contributed by atoms with Gasteiger partial charge in [0.05, 0.1) is 6.54 Å². The van der Waals surface area contributed by atoms with Crippen molar-refractivity contribution in [2.45, 2.75) is 33.2 Å². The first-order valence-electron chi connectivity index (χ1n) is 7.63. The molecule has 0 N–H and O–H groups in total. The van der Waals surface area contributed by atoms with Crippen LogP contribution in [0.3, 0.4) is 0 Å². The molecule has 0 aliphatic carbocycles. The molecule has 108 valence electrons. The number of nitrogens with zero attached hydrogens (tertiary/aromatic N) is 1. The number of benzene rings is 2. The molecule has 1 heterocycles. The SMILES string of the molecule is CC(C)C(=O)N1Cc2ccccc2CCc2ccccc21. The minimum Gasteiger partial charge on any atom is -0.307 e. The quantitative estimate of drug-likeness (QED) is 0.773. The lowest BCUT2D eigenvalue weighted by molar-refractivity contribution is -0.121. The highest BCUT2D eigenvalue weighted by atomic mass is 16.2. The largest absolute Gasteiger partial charge is 0.307 e. The number of carbonyl (C=O) groups excluding carboxylic acids is 1. The Kier molecular flexibility index (Phi) is 3.78. The Morgan fingerprint density at radius 2 is 1.48 bits per heavy atom. The number of para-hydroxylation sites is 1. The van der Waals surface area contributed by atoms with Crippen LogP contribution in [0.2, 0.25) is 0 Å². The molecule has 0 bridgehead atoms. The highest BCUT2D eigenvalue weighted by Crippen LogP contribution is 2.29. The van der Waals surface area contributed by atoms with Gasteiger partial charge in [0, 0.05) is 11.6 Å². The first-order chi connectivity index (χ1) is 10.2. The maximum atomic E-state index is 12.7. The van der Waals surface area contributed by atoms with Crippen molar-refractivity contribution in [3.05, 3.63) is 65.2 Å². The molecule has 0 unspecified atom stereocenters. The van der Waals surface area contributed by atoms with Gasteiger partial charge in [-0.15, -0.1) is 0 Å². The summed E-state index contributed by atoms with van der Waals surface area (Å²) in [5.74, 6) is 0.198. The molecule has 0 spiro atoms. The second kappa shape index (κ2) is 5.72. The van der Waals surface area contributed by atoms with Crippen molar-refractivity contribution in [2.75, 3.05) is 4.90 Å². The van der Waals surface area contributed by atoms with Gasteiger partial charge in [0.25, 0.3) is 0 Å². The molecule has 1 amide bonds. The van der Waals surface area contributed by atoms with E-state index in [2.05, 4.69) is 42.5 Å². The summed E-state index contributed by atoms with van der Waals surface area (Å²) < 4.78 is 0. The number of amides is 1. The first-order valence-corrected chi connectivity index (χ1v) is 7.63. The van der Waals surface area contributed by atoms with E-state index in [9.17, 15) is 4.79 Å². The van der Waals surface area contributed by atoms with Gasteiger partial charge in [0.15, 0.2) is 0 Å². The van der Waals surface area contributed by atoms with E-state index in [1.165, 1.54) is 16.7 Å². The van der Waals surface area contributed by atoms with Crippen LogP contribution in [-0.2, 0) is 24.2 Å². The van der Waals surface area contributed by atoms with Crippen molar-refractivity contribution >= 4 is 11.6 Å². The van der Waals surface area contributed by atoms with Crippen molar-refractivity contribution in [2.24, 2.45) is 5.92 Å². The van der Waals surface area contributed by atoms with Crippen molar-refractivity contribution in [3.8, 4) is 0 Å². The van der Waals surface area contributed by atoms with Crippen LogP contribution in [-0.4, -0.2) is 5.91 Å². The lowest BCUT2D eigenvalue weighted by atomic mass is 9.95. The third-order valence-corrected chi connectivity index (χ3v) is 4.15. The standard InChI is InChI=1S/C19H21NO/c1-14(2)19(21)20-13-17-9-4-3-7-15(17)11-12-16-8-5-6-10-18(16)20/h3-10,14H,11-13H2,1-2H3. The topological polar surface area (TPSA) is 20.3 Å². The van der Waals surface area contributed by atoms with Crippen LogP contribution >= 0.6 is 0 Å². The molecule has 2 aromatic carbocycles. The van der Waals surface area contributed by atoms with Gasteiger partial charge < -0.3 is 4.90 Å². The number of carbonyl (C=O) groups is 1. The van der Waals surface area contributed by atoms with Gasteiger partial charge in [0.1, 0.15) is 0 Å². The average molecular weight is 279 g/mol. The monoisotopic (exact) mass is 279 g/mol. The van der Waals surface area contributed by atoms with Gasteiger partial charge >= 0.3 is 0 Å². The summed E-state index contributed by atoms with van der Waals surface area (Å²) in [6.07, 6.45) is 2.02. The normalized spacial score (nSPS) is 14.1. The van der Waals surface area contributed by atoms with Gasteiger partial charge in [0.2, 0.25) is 5.91 Å². The number of fused-ring (bicyclic) bond motifs is 2. The Bertz CT molecular complexity index is 660. The lowest BCUT2D eigenvalue weighted by Gasteiger charge is -2.30. The summed E-state index contributed by atoms with van der Waals surface area (Å²) >= 11 is 0. The fraction of sp³-hybridized carbons (Fsp3) is 0.316. The summed E-state index contributed by atoms with van der Waals surface area (Å²) in [7, 11) is 0. The highest BCUT2D eigenvalue weighted by molar-refractivity contribution is 5.95. The van der Waals surface area contributed by atoms with E-state index in [1.807, 2.05) is 24.8 Å². The van der Waals surface area contributed by atoms with Gasteiger partial charge in [-0.2, -0.15) is 0 Å². The van der Waals surface area contributed by atoms with Crippen LogP contribution < -0.4 is 4.90 Å². The zero-order valence-corrected chi connectivity index (χ0v) is 12.7. The third-order valence-electron chi connectivity index (χ3n) is 4.15. The van der Waals surface area contributed by atoms with E-state index < -0.39 is 0 Å². The van der Waals surface area contributed by atoms with E-state index in [1.54, 1.807) is 0 Å². The Morgan fingerprint density at radius 1 is 0.905 bits per heavy atom. The fourth-order valence-corrected chi connectivity index (χ4v) is 2.97.